The Morgan fingerprint density at radius 1 is 0.540 bits per heavy atom. The van der Waals surface area contributed by atoms with Crippen molar-refractivity contribution in [1.29, 1.82) is 0 Å². The van der Waals surface area contributed by atoms with Gasteiger partial charge in [-0.25, -0.2) is 9.59 Å². The first-order valence-corrected chi connectivity index (χ1v) is 21.0. The number of phenolic OH excluding ortho intramolecular Hbond substituents is 2. The van der Waals surface area contributed by atoms with Crippen LogP contribution in [0.1, 0.15) is 124 Å². The Bertz CT molecular complexity index is 2890. The smallest absolute Gasteiger partial charge is 0.341 e. The molecule has 6 heteroatoms. The van der Waals surface area contributed by atoms with Crippen molar-refractivity contribution in [3.63, 3.8) is 0 Å². The predicted octanol–water partition coefficient (Wildman–Crippen LogP) is 11.8. The number of benzene rings is 6. The minimum Gasteiger partial charge on any atom is -0.507 e. The fourth-order valence-corrected chi connectivity index (χ4v) is 7.98. The molecule has 2 aliphatic carbocycles. The van der Waals surface area contributed by atoms with Gasteiger partial charge in [-0.05, 0) is 136 Å². The second kappa shape index (κ2) is 18.6. The maximum atomic E-state index is 11.9. The van der Waals surface area contributed by atoms with Gasteiger partial charge in [-0.15, -0.1) is 0 Å². The van der Waals surface area contributed by atoms with Gasteiger partial charge in [0.1, 0.15) is 22.6 Å². The van der Waals surface area contributed by atoms with Gasteiger partial charge < -0.3 is 19.7 Å². The number of aromatic hydroxyl groups is 2. The number of hydrogen-bond acceptors (Lipinski definition) is 6. The molecule has 2 aliphatic rings. The number of methoxy groups -OCH3 is 1. The largest absolute Gasteiger partial charge is 0.507 e. The highest BCUT2D eigenvalue weighted by atomic mass is 16.5. The summed E-state index contributed by atoms with van der Waals surface area (Å²) in [5, 5.41) is 20.3. The van der Waals surface area contributed by atoms with Crippen LogP contribution in [0.3, 0.4) is 0 Å². The molecule has 0 heterocycles. The van der Waals surface area contributed by atoms with Gasteiger partial charge in [0.15, 0.2) is 0 Å². The number of carbonyl (C=O) groups is 2. The van der Waals surface area contributed by atoms with Gasteiger partial charge >= 0.3 is 11.9 Å². The van der Waals surface area contributed by atoms with Crippen LogP contribution in [0.5, 0.6) is 11.5 Å². The molecule has 0 bridgehead atoms. The molecule has 0 fully saturated rings. The van der Waals surface area contributed by atoms with Crippen LogP contribution < -0.4 is 0 Å². The van der Waals surface area contributed by atoms with Crippen molar-refractivity contribution >= 4 is 23.1 Å². The summed E-state index contributed by atoms with van der Waals surface area (Å²) in [4.78, 5) is 23.5. The molecular weight excluding hydrogens is 781 g/mol. The summed E-state index contributed by atoms with van der Waals surface area (Å²) in [5.74, 6) is 11.2. The summed E-state index contributed by atoms with van der Waals surface area (Å²) in [6.45, 7) is 11.1. The summed E-state index contributed by atoms with van der Waals surface area (Å²) in [5.41, 5.74) is 13.4. The van der Waals surface area contributed by atoms with Crippen LogP contribution in [-0.4, -0.2) is 35.9 Å². The van der Waals surface area contributed by atoms with E-state index in [0.717, 1.165) is 24.0 Å². The molecule has 314 valence electrons. The van der Waals surface area contributed by atoms with Crippen molar-refractivity contribution in [2.45, 2.75) is 58.3 Å². The highest BCUT2D eigenvalue weighted by Gasteiger charge is 2.30. The molecule has 0 amide bonds. The summed E-state index contributed by atoms with van der Waals surface area (Å²) >= 11 is 0. The number of allylic oxidation sites excluding steroid dienone is 2. The highest BCUT2D eigenvalue weighted by Crippen LogP contribution is 2.43. The van der Waals surface area contributed by atoms with Crippen LogP contribution in [0.15, 0.2) is 146 Å². The summed E-state index contributed by atoms with van der Waals surface area (Å²) in [6.07, 6.45) is 6.61. The minimum atomic E-state index is -0.575. The number of esters is 2. The minimum absolute atomic E-state index is 0.0638. The predicted molar refractivity (Wildman–Crippen MR) is 251 cm³/mol. The Labute approximate surface area is 370 Å². The second-order valence-corrected chi connectivity index (χ2v) is 16.8. The van der Waals surface area contributed by atoms with Gasteiger partial charge in [0.25, 0.3) is 0 Å². The van der Waals surface area contributed by atoms with Crippen molar-refractivity contribution in [1.82, 2.24) is 0 Å². The Hall–Kier alpha value is -7.54. The zero-order valence-electron chi connectivity index (χ0n) is 36.5. The quantitative estimate of drug-likeness (QED) is 0.133. The van der Waals surface area contributed by atoms with E-state index in [1.165, 1.54) is 69.8 Å². The van der Waals surface area contributed by atoms with Gasteiger partial charge in [-0.3, -0.25) is 0 Å². The monoisotopic (exact) mass is 830 g/mol. The molecule has 0 unspecified atom stereocenters. The molecule has 0 saturated heterocycles. The molecule has 6 aromatic rings. The van der Waals surface area contributed by atoms with E-state index in [4.69, 9.17) is 4.74 Å². The van der Waals surface area contributed by atoms with Gasteiger partial charge in [-0.1, -0.05) is 136 Å². The van der Waals surface area contributed by atoms with Crippen LogP contribution in [0, 0.1) is 23.7 Å². The van der Waals surface area contributed by atoms with E-state index in [2.05, 4.69) is 141 Å². The third-order valence-electron chi connectivity index (χ3n) is 11.5. The fraction of sp³-hybridized carbons (Fsp3) is 0.193. The molecule has 0 atom stereocenters. The molecule has 0 aromatic heterocycles. The summed E-state index contributed by atoms with van der Waals surface area (Å²) in [7, 11) is 1.28. The molecule has 0 spiro atoms. The molecule has 63 heavy (non-hydrogen) atoms. The third-order valence-corrected chi connectivity index (χ3v) is 11.5. The zero-order valence-corrected chi connectivity index (χ0v) is 36.5. The fourth-order valence-electron chi connectivity index (χ4n) is 7.98. The number of carbonyl (C=O) groups excluding carboxylic acids is 2. The number of fused-ring (bicyclic) bond motifs is 2. The van der Waals surface area contributed by atoms with Crippen LogP contribution >= 0.6 is 0 Å². The molecular formula is C57H50O6. The first kappa shape index (κ1) is 43.5. The number of hydrogen-bond donors (Lipinski definition) is 2. The average molecular weight is 831 g/mol. The first-order valence-electron chi connectivity index (χ1n) is 21.0. The van der Waals surface area contributed by atoms with Crippen LogP contribution in [0.25, 0.3) is 11.1 Å². The van der Waals surface area contributed by atoms with Crippen molar-refractivity contribution in [3.05, 3.63) is 212 Å². The second-order valence-electron chi connectivity index (χ2n) is 16.8. The van der Waals surface area contributed by atoms with E-state index in [9.17, 15) is 19.8 Å². The van der Waals surface area contributed by atoms with Gasteiger partial charge in [0.05, 0.1) is 13.7 Å². The van der Waals surface area contributed by atoms with Crippen molar-refractivity contribution < 1.29 is 29.3 Å². The standard InChI is InChI=1S/C29H26O3.C28H24O3/c1-4-32-28(31)24-14-12-21(19-27(24)30)11-10-20-13-15-26-25(18-20)23(16-17-29(26,2)3)22-8-6-5-7-9-22;1-28(2)16-15-22(21-7-5-4-6-8-21)24-17-19(12-14-25(24)28)9-10-20-11-13-23(26(29)18-20)27(30)31-3/h5-9,12-16,18-19,30H,4,17H2,1-3H3;4-8,11-15,17-18,29H,16H2,1-3H3. The van der Waals surface area contributed by atoms with Crippen LogP contribution in [0.4, 0.5) is 0 Å². The van der Waals surface area contributed by atoms with E-state index >= 15 is 0 Å². The molecule has 6 aromatic carbocycles. The van der Waals surface area contributed by atoms with Crippen molar-refractivity contribution in [2.75, 3.05) is 13.7 Å². The first-order chi connectivity index (χ1) is 30.3. The van der Waals surface area contributed by atoms with E-state index in [-0.39, 0.29) is 40.1 Å². The molecule has 6 nitrogen and oxygen atoms in total. The normalized spacial score (nSPS) is 13.9. The Kier molecular flexibility index (Phi) is 12.9. The maximum absolute atomic E-state index is 11.9. The third kappa shape index (κ3) is 9.83. The zero-order chi connectivity index (χ0) is 44.7. The lowest BCUT2D eigenvalue weighted by atomic mass is 9.72. The van der Waals surface area contributed by atoms with Crippen LogP contribution in [-0.2, 0) is 20.3 Å². The Morgan fingerprint density at radius 2 is 0.921 bits per heavy atom. The lowest BCUT2D eigenvalue weighted by Gasteiger charge is -2.32. The van der Waals surface area contributed by atoms with E-state index in [1.807, 2.05) is 24.3 Å². The van der Waals surface area contributed by atoms with Gasteiger partial charge in [0, 0.05) is 22.3 Å². The lowest BCUT2D eigenvalue weighted by Crippen LogP contribution is -2.22. The maximum Gasteiger partial charge on any atom is 0.341 e. The topological polar surface area (TPSA) is 93.1 Å². The number of phenols is 2. The van der Waals surface area contributed by atoms with E-state index in [1.54, 1.807) is 25.1 Å². The Balaban J connectivity index is 0.000000189. The Morgan fingerprint density at radius 3 is 1.30 bits per heavy atom. The molecule has 0 saturated carbocycles. The highest BCUT2D eigenvalue weighted by molar-refractivity contribution is 5.93. The molecule has 2 N–H and O–H groups in total. The van der Waals surface area contributed by atoms with Crippen LogP contribution in [0.2, 0.25) is 0 Å². The molecule has 8 rings (SSSR count). The molecule has 0 aliphatic heterocycles. The SMILES string of the molecule is CCOC(=O)c1ccc(C#Cc2ccc3c(c2)C(c2ccccc2)=CCC3(C)C)cc1O.COC(=O)c1ccc(C#Cc2ccc3c(c2)C(c2ccccc2)=CCC3(C)C)cc1O. The van der Waals surface area contributed by atoms with E-state index in [0.29, 0.717) is 11.1 Å². The molecule has 0 radical (unpaired) electrons. The van der Waals surface area contributed by atoms with E-state index < -0.39 is 11.9 Å². The van der Waals surface area contributed by atoms with Gasteiger partial charge in [0.2, 0.25) is 0 Å². The summed E-state index contributed by atoms with van der Waals surface area (Å²) in [6, 6.07) is 43.1. The average Bonchev–Trinajstić information content (AvgIpc) is 3.28. The van der Waals surface area contributed by atoms with Gasteiger partial charge in [-0.2, -0.15) is 0 Å². The summed E-state index contributed by atoms with van der Waals surface area (Å²) < 4.78 is 9.62. The van der Waals surface area contributed by atoms with Crippen molar-refractivity contribution in [3.8, 4) is 35.2 Å². The number of rotatable bonds is 5. The number of ether oxygens (including phenoxy) is 2. The lowest BCUT2D eigenvalue weighted by molar-refractivity contribution is 0.0522. The van der Waals surface area contributed by atoms with Crippen molar-refractivity contribution in [2.24, 2.45) is 0 Å².